The Kier molecular flexibility index (Phi) is 3.51. The van der Waals surface area contributed by atoms with Gasteiger partial charge in [-0.3, -0.25) is 4.68 Å². The average Bonchev–Trinajstić information content (AvgIpc) is 3.06. The van der Waals surface area contributed by atoms with E-state index in [1.54, 1.807) is 18.2 Å². The lowest BCUT2D eigenvalue weighted by Crippen LogP contribution is -1.96. The highest BCUT2D eigenvalue weighted by molar-refractivity contribution is 5.53. The Labute approximate surface area is 121 Å². The Bertz CT molecular complexity index is 763. The first-order valence-electron chi connectivity index (χ1n) is 6.70. The van der Waals surface area contributed by atoms with Gasteiger partial charge in [0.25, 0.3) is 5.89 Å². The molecule has 6 heteroatoms. The third-order valence-electron chi connectivity index (χ3n) is 3.52. The fraction of sp³-hybridized carbons (Fsp3) is 0.267. The van der Waals surface area contributed by atoms with Gasteiger partial charge in [0.05, 0.1) is 11.8 Å². The number of hydrogen-bond donors (Lipinski definition) is 0. The smallest absolute Gasteiger partial charge is 0.250 e. The van der Waals surface area contributed by atoms with Gasteiger partial charge in [-0.25, -0.2) is 4.39 Å². The maximum atomic E-state index is 13.7. The Hall–Kier alpha value is -2.50. The highest BCUT2D eigenvalue weighted by atomic mass is 19.1. The molecule has 0 aliphatic rings. The Morgan fingerprint density at radius 3 is 2.71 bits per heavy atom. The first kappa shape index (κ1) is 13.5. The first-order valence-corrected chi connectivity index (χ1v) is 6.70. The molecule has 0 radical (unpaired) electrons. The van der Waals surface area contributed by atoms with E-state index in [2.05, 4.69) is 15.3 Å². The topological polar surface area (TPSA) is 56.7 Å². The minimum Gasteiger partial charge on any atom is -0.421 e. The van der Waals surface area contributed by atoms with Crippen LogP contribution in [-0.2, 0) is 19.9 Å². The van der Waals surface area contributed by atoms with Crippen LogP contribution in [0.25, 0.3) is 11.5 Å². The fourth-order valence-corrected chi connectivity index (χ4v) is 2.13. The lowest BCUT2D eigenvalue weighted by Gasteiger charge is -1.98. The normalized spacial score (nSPS) is 11.0. The maximum absolute atomic E-state index is 13.7. The number of hydrogen-bond acceptors (Lipinski definition) is 4. The van der Waals surface area contributed by atoms with E-state index < -0.39 is 0 Å². The van der Waals surface area contributed by atoms with Crippen LogP contribution in [0, 0.1) is 12.7 Å². The number of aryl methyl sites for hydroxylation is 3. The maximum Gasteiger partial charge on any atom is 0.250 e. The van der Waals surface area contributed by atoms with Crippen LogP contribution in [0.4, 0.5) is 4.39 Å². The monoisotopic (exact) mass is 286 g/mol. The molecule has 5 nitrogen and oxygen atoms in total. The highest BCUT2D eigenvalue weighted by Gasteiger charge is 2.13. The van der Waals surface area contributed by atoms with Crippen molar-refractivity contribution in [2.45, 2.75) is 19.8 Å². The van der Waals surface area contributed by atoms with Gasteiger partial charge in [-0.15, -0.1) is 10.2 Å². The summed E-state index contributed by atoms with van der Waals surface area (Å²) in [5.74, 6) is 0.346. The van der Waals surface area contributed by atoms with Crippen LogP contribution in [0.1, 0.15) is 17.1 Å². The molecule has 2 heterocycles. The molecule has 0 aliphatic heterocycles. The number of nitrogens with zero attached hydrogens (tertiary/aromatic N) is 4. The van der Waals surface area contributed by atoms with E-state index in [-0.39, 0.29) is 11.7 Å². The summed E-state index contributed by atoms with van der Waals surface area (Å²) < 4.78 is 21.0. The first-order chi connectivity index (χ1) is 10.1. The lowest BCUT2D eigenvalue weighted by atomic mass is 10.1. The Balaban J connectivity index is 1.74. The van der Waals surface area contributed by atoms with Crippen molar-refractivity contribution in [3.63, 3.8) is 0 Å². The van der Waals surface area contributed by atoms with E-state index in [1.165, 1.54) is 6.07 Å². The van der Waals surface area contributed by atoms with Crippen molar-refractivity contribution in [2.24, 2.45) is 7.05 Å². The van der Waals surface area contributed by atoms with E-state index in [1.807, 2.05) is 24.9 Å². The van der Waals surface area contributed by atoms with Gasteiger partial charge in [0.1, 0.15) is 5.82 Å². The predicted molar refractivity (Wildman–Crippen MR) is 75.0 cm³/mol. The zero-order chi connectivity index (χ0) is 14.8. The number of halogens is 1. The molecule has 2 aromatic heterocycles. The number of aromatic nitrogens is 4. The minimum atomic E-state index is -0.365. The second-order valence-corrected chi connectivity index (χ2v) is 4.86. The van der Waals surface area contributed by atoms with Crippen molar-refractivity contribution in [1.29, 1.82) is 0 Å². The molecule has 0 fully saturated rings. The molecular weight excluding hydrogens is 271 g/mol. The second-order valence-electron chi connectivity index (χ2n) is 4.86. The van der Waals surface area contributed by atoms with E-state index >= 15 is 0 Å². The molecule has 0 spiro atoms. The van der Waals surface area contributed by atoms with Crippen LogP contribution in [0.15, 0.2) is 34.9 Å². The molecule has 0 saturated heterocycles. The van der Waals surface area contributed by atoms with Crippen LogP contribution in [0.5, 0.6) is 0 Å². The highest BCUT2D eigenvalue weighted by Crippen LogP contribution is 2.21. The van der Waals surface area contributed by atoms with Crippen LogP contribution in [0.2, 0.25) is 0 Å². The van der Waals surface area contributed by atoms with Gasteiger partial charge in [-0.05, 0) is 31.0 Å². The van der Waals surface area contributed by atoms with Gasteiger partial charge in [-0.2, -0.15) is 5.10 Å². The Morgan fingerprint density at radius 2 is 2.00 bits per heavy atom. The zero-order valence-electron chi connectivity index (χ0n) is 11.9. The third-order valence-corrected chi connectivity index (χ3v) is 3.52. The summed E-state index contributed by atoms with van der Waals surface area (Å²) in [7, 11) is 1.90. The molecule has 0 atom stereocenters. The summed E-state index contributed by atoms with van der Waals surface area (Å²) >= 11 is 0. The molecule has 1 aromatic carbocycles. The summed E-state index contributed by atoms with van der Waals surface area (Å²) in [4.78, 5) is 0. The van der Waals surface area contributed by atoms with E-state index in [4.69, 9.17) is 4.42 Å². The number of rotatable bonds is 4. The molecule has 21 heavy (non-hydrogen) atoms. The summed E-state index contributed by atoms with van der Waals surface area (Å²) in [5, 5.41) is 12.1. The summed E-state index contributed by atoms with van der Waals surface area (Å²) in [6.45, 7) is 2.01. The molecule has 0 bridgehead atoms. The fourth-order valence-electron chi connectivity index (χ4n) is 2.13. The lowest BCUT2D eigenvalue weighted by molar-refractivity contribution is 0.500. The van der Waals surface area contributed by atoms with Gasteiger partial charge in [0, 0.05) is 19.2 Å². The molecule has 0 unspecified atom stereocenters. The predicted octanol–water partition coefficient (Wildman–Crippen LogP) is 2.70. The molecule has 0 saturated carbocycles. The minimum absolute atomic E-state index is 0.214. The summed E-state index contributed by atoms with van der Waals surface area (Å²) in [5.41, 5.74) is 2.58. The van der Waals surface area contributed by atoms with E-state index in [0.717, 1.165) is 17.7 Å². The van der Waals surface area contributed by atoms with Gasteiger partial charge < -0.3 is 4.42 Å². The third kappa shape index (κ3) is 2.69. The average molecular weight is 286 g/mol. The van der Waals surface area contributed by atoms with Gasteiger partial charge in [0.2, 0.25) is 5.89 Å². The molecule has 3 aromatic rings. The van der Waals surface area contributed by atoms with Gasteiger partial charge in [-0.1, -0.05) is 12.1 Å². The van der Waals surface area contributed by atoms with Crippen molar-refractivity contribution in [1.82, 2.24) is 20.0 Å². The molecule has 3 rings (SSSR count). The second kappa shape index (κ2) is 5.47. The quantitative estimate of drug-likeness (QED) is 0.740. The van der Waals surface area contributed by atoms with Gasteiger partial charge >= 0.3 is 0 Å². The van der Waals surface area contributed by atoms with Crippen LogP contribution >= 0.6 is 0 Å². The van der Waals surface area contributed by atoms with Crippen LogP contribution in [-0.4, -0.2) is 20.0 Å². The molecule has 108 valence electrons. The molecule has 0 N–H and O–H groups in total. The molecule has 0 amide bonds. The molecule has 0 aliphatic carbocycles. The molecular formula is C15H15FN4O. The zero-order valence-corrected chi connectivity index (χ0v) is 11.9. The van der Waals surface area contributed by atoms with Crippen LogP contribution in [0.3, 0.4) is 0 Å². The van der Waals surface area contributed by atoms with Crippen LogP contribution < -0.4 is 0 Å². The van der Waals surface area contributed by atoms with Crippen molar-refractivity contribution < 1.29 is 8.81 Å². The standard InChI is InChI=1S/C15H15FN4O/c1-10-11(9-17-20(10)2)7-8-14-18-19-15(21-14)12-5-3-4-6-13(12)16/h3-6,9H,7-8H2,1-2H3. The SMILES string of the molecule is Cc1c(CCc2nnc(-c3ccccc3F)o2)cnn1C. The van der Waals surface area contributed by atoms with E-state index in [9.17, 15) is 4.39 Å². The van der Waals surface area contributed by atoms with Crippen molar-refractivity contribution in [3.8, 4) is 11.5 Å². The summed E-state index contributed by atoms with van der Waals surface area (Å²) in [6, 6.07) is 6.36. The Morgan fingerprint density at radius 1 is 1.19 bits per heavy atom. The summed E-state index contributed by atoms with van der Waals surface area (Å²) in [6.07, 6.45) is 3.20. The largest absolute Gasteiger partial charge is 0.421 e. The van der Waals surface area contributed by atoms with Crippen molar-refractivity contribution in [2.75, 3.05) is 0 Å². The van der Waals surface area contributed by atoms with E-state index in [0.29, 0.717) is 17.9 Å². The number of benzene rings is 1. The van der Waals surface area contributed by atoms with Crippen molar-refractivity contribution in [3.05, 3.63) is 53.4 Å². The van der Waals surface area contributed by atoms with Gasteiger partial charge in [0.15, 0.2) is 0 Å². The van der Waals surface area contributed by atoms with Crippen molar-refractivity contribution >= 4 is 0 Å².